The molecule has 1 saturated heterocycles. The first-order valence-electron chi connectivity index (χ1n) is 8.79. The second kappa shape index (κ2) is 6.46. The fourth-order valence-electron chi connectivity index (χ4n) is 3.88. The number of morpholine rings is 1. The number of pyridine rings is 1. The van der Waals surface area contributed by atoms with Gasteiger partial charge in [-0.05, 0) is 49.3 Å². The number of anilines is 1. The van der Waals surface area contributed by atoms with Gasteiger partial charge in [0.1, 0.15) is 5.82 Å². The highest BCUT2D eigenvalue weighted by molar-refractivity contribution is 5.82. The summed E-state index contributed by atoms with van der Waals surface area (Å²) >= 11 is 0. The molecule has 122 valence electrons. The summed E-state index contributed by atoms with van der Waals surface area (Å²) < 4.78 is 5.52. The van der Waals surface area contributed by atoms with Gasteiger partial charge in [0.15, 0.2) is 0 Å². The summed E-state index contributed by atoms with van der Waals surface area (Å²) in [6, 6.07) is 11.2. The molecule has 2 aromatic rings. The molecule has 0 atom stereocenters. The van der Waals surface area contributed by atoms with E-state index in [2.05, 4.69) is 35.2 Å². The van der Waals surface area contributed by atoms with Gasteiger partial charge in [-0.15, -0.1) is 0 Å². The fraction of sp³-hybridized carbons (Fsp3) is 0.526. The normalized spacial score (nSPS) is 25.7. The second-order valence-corrected chi connectivity index (χ2v) is 6.81. The number of para-hydroxylation sites is 1. The quantitative estimate of drug-likeness (QED) is 0.926. The van der Waals surface area contributed by atoms with Crippen molar-refractivity contribution in [2.45, 2.75) is 37.6 Å². The lowest BCUT2D eigenvalue weighted by Gasteiger charge is -2.33. The summed E-state index contributed by atoms with van der Waals surface area (Å²) in [5.74, 6) is 1.76. The highest BCUT2D eigenvalue weighted by Gasteiger charge is 2.26. The first-order chi connectivity index (χ1) is 11.3. The number of hydrogen-bond donors (Lipinski definition) is 1. The second-order valence-electron chi connectivity index (χ2n) is 6.81. The summed E-state index contributed by atoms with van der Waals surface area (Å²) in [4.78, 5) is 7.43. The van der Waals surface area contributed by atoms with Crippen LogP contribution in [0.5, 0.6) is 0 Å². The number of nitrogens with zero attached hydrogens (tertiary/aromatic N) is 2. The molecule has 2 N–H and O–H groups in total. The van der Waals surface area contributed by atoms with Crippen LogP contribution in [-0.2, 0) is 4.74 Å². The van der Waals surface area contributed by atoms with Gasteiger partial charge >= 0.3 is 0 Å². The predicted molar refractivity (Wildman–Crippen MR) is 94.0 cm³/mol. The van der Waals surface area contributed by atoms with E-state index in [1.54, 1.807) is 0 Å². The number of fused-ring (bicyclic) bond motifs is 1. The van der Waals surface area contributed by atoms with Crippen molar-refractivity contribution in [2.75, 3.05) is 31.2 Å². The molecule has 2 aliphatic rings. The van der Waals surface area contributed by atoms with E-state index in [1.165, 1.54) is 29.6 Å². The molecule has 1 aromatic carbocycles. The van der Waals surface area contributed by atoms with E-state index in [4.69, 9.17) is 15.5 Å². The summed E-state index contributed by atoms with van der Waals surface area (Å²) in [6.45, 7) is 3.46. The third-order valence-electron chi connectivity index (χ3n) is 5.25. The van der Waals surface area contributed by atoms with Crippen molar-refractivity contribution in [1.82, 2.24) is 4.98 Å². The van der Waals surface area contributed by atoms with Crippen molar-refractivity contribution in [3.05, 3.63) is 35.9 Å². The topological polar surface area (TPSA) is 51.4 Å². The maximum absolute atomic E-state index is 6.10. The lowest BCUT2D eigenvalue weighted by atomic mass is 9.81. The molecule has 0 radical (unpaired) electrons. The van der Waals surface area contributed by atoms with Crippen LogP contribution in [0.3, 0.4) is 0 Å². The SMILES string of the molecule is NC1CCC(c2cc3ccccc3nc2N2CCOCC2)CC1. The molecule has 0 bridgehead atoms. The van der Waals surface area contributed by atoms with Crippen LogP contribution in [0.25, 0.3) is 10.9 Å². The van der Waals surface area contributed by atoms with E-state index in [1.807, 2.05) is 0 Å². The van der Waals surface area contributed by atoms with Gasteiger partial charge in [0.2, 0.25) is 0 Å². The molecule has 0 amide bonds. The van der Waals surface area contributed by atoms with Crippen LogP contribution in [-0.4, -0.2) is 37.3 Å². The zero-order valence-electron chi connectivity index (χ0n) is 13.6. The number of benzene rings is 1. The van der Waals surface area contributed by atoms with Crippen molar-refractivity contribution >= 4 is 16.7 Å². The Labute approximate surface area is 137 Å². The summed E-state index contributed by atoms with van der Waals surface area (Å²) in [5.41, 5.74) is 8.61. The minimum Gasteiger partial charge on any atom is -0.378 e. The Kier molecular flexibility index (Phi) is 4.19. The first kappa shape index (κ1) is 14.9. The number of nitrogens with two attached hydrogens (primary N) is 1. The molecule has 0 unspecified atom stereocenters. The van der Waals surface area contributed by atoms with E-state index in [-0.39, 0.29) is 0 Å². The summed E-state index contributed by atoms with van der Waals surface area (Å²) in [5, 5.41) is 1.24. The Balaban J connectivity index is 1.75. The Morgan fingerprint density at radius 3 is 2.57 bits per heavy atom. The van der Waals surface area contributed by atoms with Crippen LogP contribution in [0.2, 0.25) is 0 Å². The molecule has 0 spiro atoms. The number of aromatic nitrogens is 1. The van der Waals surface area contributed by atoms with Crippen molar-refractivity contribution < 1.29 is 4.74 Å². The predicted octanol–water partition coefficient (Wildman–Crippen LogP) is 3.06. The average Bonchev–Trinajstić information content (AvgIpc) is 2.62. The molecule has 4 nitrogen and oxygen atoms in total. The van der Waals surface area contributed by atoms with Crippen LogP contribution in [0.1, 0.15) is 37.2 Å². The third kappa shape index (κ3) is 3.06. The van der Waals surface area contributed by atoms with E-state index < -0.39 is 0 Å². The molecule has 2 fully saturated rings. The van der Waals surface area contributed by atoms with E-state index >= 15 is 0 Å². The Morgan fingerprint density at radius 1 is 1.04 bits per heavy atom. The molecular formula is C19H25N3O. The summed E-state index contributed by atoms with van der Waals surface area (Å²) in [7, 11) is 0. The molecule has 4 heteroatoms. The van der Waals surface area contributed by atoms with Gasteiger partial charge in [0, 0.05) is 24.5 Å². The first-order valence-corrected chi connectivity index (χ1v) is 8.79. The maximum Gasteiger partial charge on any atom is 0.132 e. The highest BCUT2D eigenvalue weighted by atomic mass is 16.5. The lowest BCUT2D eigenvalue weighted by molar-refractivity contribution is 0.122. The average molecular weight is 311 g/mol. The number of hydrogen-bond acceptors (Lipinski definition) is 4. The fourth-order valence-corrected chi connectivity index (χ4v) is 3.88. The van der Waals surface area contributed by atoms with Crippen molar-refractivity contribution in [3.63, 3.8) is 0 Å². The molecule has 4 rings (SSSR count). The number of ether oxygens (including phenoxy) is 1. The highest BCUT2D eigenvalue weighted by Crippen LogP contribution is 2.38. The minimum atomic E-state index is 0.381. The molecule has 1 saturated carbocycles. The number of rotatable bonds is 2. The lowest BCUT2D eigenvalue weighted by Crippen LogP contribution is -2.38. The van der Waals surface area contributed by atoms with Crippen LogP contribution in [0, 0.1) is 0 Å². The van der Waals surface area contributed by atoms with Gasteiger partial charge in [-0.3, -0.25) is 0 Å². The smallest absolute Gasteiger partial charge is 0.132 e. The van der Waals surface area contributed by atoms with Crippen LogP contribution in [0.4, 0.5) is 5.82 Å². The summed E-state index contributed by atoms with van der Waals surface area (Å²) in [6.07, 6.45) is 4.61. The van der Waals surface area contributed by atoms with Crippen molar-refractivity contribution in [2.24, 2.45) is 5.73 Å². The Bertz CT molecular complexity index is 673. The maximum atomic E-state index is 6.10. The van der Waals surface area contributed by atoms with Gasteiger partial charge in [0.25, 0.3) is 0 Å². The molecule has 23 heavy (non-hydrogen) atoms. The third-order valence-corrected chi connectivity index (χ3v) is 5.25. The van der Waals surface area contributed by atoms with Crippen molar-refractivity contribution in [1.29, 1.82) is 0 Å². The van der Waals surface area contributed by atoms with Gasteiger partial charge in [-0.2, -0.15) is 0 Å². The van der Waals surface area contributed by atoms with Gasteiger partial charge < -0.3 is 15.4 Å². The Hall–Kier alpha value is -1.65. The van der Waals surface area contributed by atoms with E-state index in [0.29, 0.717) is 12.0 Å². The van der Waals surface area contributed by atoms with Gasteiger partial charge in [0.05, 0.1) is 18.7 Å². The monoisotopic (exact) mass is 311 g/mol. The molecule has 1 aromatic heterocycles. The standard InChI is InChI=1S/C19H25N3O/c20-16-7-5-14(6-8-16)17-13-15-3-1-2-4-18(15)21-19(17)22-9-11-23-12-10-22/h1-4,13-14,16H,5-12,20H2. The Morgan fingerprint density at radius 2 is 1.78 bits per heavy atom. The zero-order valence-corrected chi connectivity index (χ0v) is 13.6. The molecule has 1 aliphatic carbocycles. The largest absolute Gasteiger partial charge is 0.378 e. The van der Waals surface area contributed by atoms with Crippen LogP contribution >= 0.6 is 0 Å². The van der Waals surface area contributed by atoms with Crippen LogP contribution in [0.15, 0.2) is 30.3 Å². The van der Waals surface area contributed by atoms with E-state index in [0.717, 1.165) is 44.7 Å². The molecule has 1 aliphatic heterocycles. The van der Waals surface area contributed by atoms with Gasteiger partial charge in [-0.1, -0.05) is 18.2 Å². The molecule has 2 heterocycles. The zero-order chi connectivity index (χ0) is 15.6. The minimum absolute atomic E-state index is 0.381. The van der Waals surface area contributed by atoms with E-state index in [9.17, 15) is 0 Å². The van der Waals surface area contributed by atoms with Crippen LogP contribution < -0.4 is 10.6 Å². The van der Waals surface area contributed by atoms with Crippen molar-refractivity contribution in [3.8, 4) is 0 Å². The van der Waals surface area contributed by atoms with Gasteiger partial charge in [-0.25, -0.2) is 4.98 Å². The molecular weight excluding hydrogens is 286 g/mol.